The fourth-order valence-corrected chi connectivity index (χ4v) is 1.45. The second kappa shape index (κ2) is 4.84. The molecule has 0 aliphatic heterocycles. The topological polar surface area (TPSA) is 59.7 Å². The van der Waals surface area contributed by atoms with Crippen LogP contribution in [0.1, 0.15) is 16.1 Å². The summed E-state index contributed by atoms with van der Waals surface area (Å²) in [4.78, 5) is 10.6. The summed E-state index contributed by atoms with van der Waals surface area (Å²) in [6.07, 6.45) is 1.42. The van der Waals surface area contributed by atoms with Gasteiger partial charge in [0.2, 0.25) is 5.76 Å². The maximum atomic E-state index is 10.6. The van der Waals surface area contributed by atoms with Crippen molar-refractivity contribution in [1.29, 1.82) is 0 Å². The number of rotatable bonds is 2. The lowest BCUT2D eigenvalue weighted by molar-refractivity contribution is 0.0565. The molecule has 17 heavy (non-hydrogen) atoms. The number of fused-ring (bicyclic) bond motifs is 1. The minimum atomic E-state index is -0.444. The van der Waals surface area contributed by atoms with Gasteiger partial charge < -0.3 is 14.3 Å². The number of hydrogen-bond acceptors (Lipinski definition) is 4. The fourth-order valence-electron chi connectivity index (χ4n) is 1.45. The number of carbonyl (C=O) groups is 1. The number of carbonyl (C=O) groups excluding carboxylic acids is 1. The Morgan fingerprint density at radius 2 is 2.24 bits per heavy atom. The van der Waals surface area contributed by atoms with Crippen molar-refractivity contribution in [2.75, 3.05) is 7.11 Å². The van der Waals surface area contributed by atoms with Crippen LogP contribution in [0, 0.1) is 0 Å². The molecule has 0 saturated heterocycles. The van der Waals surface area contributed by atoms with Gasteiger partial charge in [-0.05, 0) is 34.9 Å². The SMILES string of the molecule is COC(=O)c1ccco1.OCc1ccc2cc1-2. The smallest absolute Gasteiger partial charge is 0.373 e. The Morgan fingerprint density at radius 3 is 2.59 bits per heavy atom. The summed E-state index contributed by atoms with van der Waals surface area (Å²) >= 11 is 0. The van der Waals surface area contributed by atoms with Gasteiger partial charge in [-0.15, -0.1) is 0 Å². The zero-order valence-corrected chi connectivity index (χ0v) is 9.34. The van der Waals surface area contributed by atoms with Crippen molar-refractivity contribution in [1.82, 2.24) is 0 Å². The molecule has 0 bridgehead atoms. The highest BCUT2D eigenvalue weighted by Crippen LogP contribution is 2.37. The molecule has 0 saturated carbocycles. The first kappa shape index (κ1) is 11.4. The van der Waals surface area contributed by atoms with Crippen LogP contribution in [0.25, 0.3) is 11.1 Å². The highest BCUT2D eigenvalue weighted by Gasteiger charge is 2.15. The standard InChI is InChI=1S/C7H6O.C6H6O3/c8-4-6-2-1-5-3-7(5)6;1-8-6(7)5-3-2-4-9-5/h1-3,8H,4H2;2-4H,1H3. The van der Waals surface area contributed by atoms with Gasteiger partial charge in [0.05, 0.1) is 20.0 Å². The Kier molecular flexibility index (Phi) is 3.25. The number of furan rings is 1. The molecule has 4 nitrogen and oxygen atoms in total. The first-order chi connectivity index (χ1) is 8.26. The van der Waals surface area contributed by atoms with Crippen molar-refractivity contribution in [3.05, 3.63) is 47.9 Å². The average molecular weight is 232 g/mol. The summed E-state index contributed by atoms with van der Waals surface area (Å²) in [6, 6.07) is 9.25. The summed E-state index contributed by atoms with van der Waals surface area (Å²) in [7, 11) is 1.31. The highest BCUT2D eigenvalue weighted by atomic mass is 16.5. The van der Waals surface area contributed by atoms with Crippen molar-refractivity contribution in [2.45, 2.75) is 6.61 Å². The van der Waals surface area contributed by atoms with Crippen molar-refractivity contribution in [3.63, 3.8) is 0 Å². The monoisotopic (exact) mass is 232 g/mol. The van der Waals surface area contributed by atoms with Crippen molar-refractivity contribution < 1.29 is 19.1 Å². The lowest BCUT2D eigenvalue weighted by Gasteiger charge is -1.89. The van der Waals surface area contributed by atoms with Gasteiger partial charge >= 0.3 is 5.97 Å². The van der Waals surface area contributed by atoms with Gasteiger partial charge in [-0.2, -0.15) is 0 Å². The number of hydrogen-bond donors (Lipinski definition) is 1. The molecule has 0 fully saturated rings. The zero-order valence-electron chi connectivity index (χ0n) is 9.34. The normalized spacial score (nSPS) is 10.2. The number of aliphatic hydroxyl groups is 1. The largest absolute Gasteiger partial charge is 0.463 e. The van der Waals surface area contributed by atoms with E-state index in [1.165, 1.54) is 24.5 Å². The molecule has 2 aliphatic carbocycles. The predicted octanol–water partition coefficient (Wildman–Crippen LogP) is 2.23. The Morgan fingerprint density at radius 1 is 1.41 bits per heavy atom. The second-order valence-corrected chi connectivity index (χ2v) is 3.50. The van der Waals surface area contributed by atoms with E-state index >= 15 is 0 Å². The molecule has 1 aromatic heterocycles. The number of methoxy groups -OCH3 is 1. The van der Waals surface area contributed by atoms with Gasteiger partial charge in [0.15, 0.2) is 0 Å². The van der Waals surface area contributed by atoms with E-state index in [2.05, 4.69) is 10.8 Å². The summed E-state index contributed by atoms with van der Waals surface area (Å²) in [5, 5.41) is 8.62. The number of aliphatic hydroxyl groups excluding tert-OH is 1. The van der Waals surface area contributed by atoms with Crippen LogP contribution in [-0.2, 0) is 11.3 Å². The van der Waals surface area contributed by atoms with Crippen LogP contribution < -0.4 is 0 Å². The second-order valence-electron chi connectivity index (χ2n) is 3.50. The zero-order chi connectivity index (χ0) is 12.3. The third-order valence-electron chi connectivity index (χ3n) is 2.42. The van der Waals surface area contributed by atoms with Gasteiger partial charge in [0, 0.05) is 0 Å². The van der Waals surface area contributed by atoms with E-state index in [0.717, 1.165) is 5.56 Å². The van der Waals surface area contributed by atoms with Crippen LogP contribution in [0.2, 0.25) is 0 Å². The van der Waals surface area contributed by atoms with Crippen molar-refractivity contribution in [2.24, 2.45) is 0 Å². The summed E-state index contributed by atoms with van der Waals surface area (Å²) in [5.41, 5.74) is 3.63. The van der Waals surface area contributed by atoms with Crippen LogP contribution in [0.3, 0.4) is 0 Å². The molecule has 1 heterocycles. The summed E-state index contributed by atoms with van der Waals surface area (Å²) < 4.78 is 9.07. The van der Waals surface area contributed by atoms with Gasteiger partial charge in [0.25, 0.3) is 0 Å². The first-order valence-corrected chi connectivity index (χ1v) is 5.12. The minimum Gasteiger partial charge on any atom is -0.463 e. The average Bonchev–Trinajstić information content (AvgIpc) is 2.84. The van der Waals surface area contributed by atoms with E-state index in [1.54, 1.807) is 12.1 Å². The van der Waals surface area contributed by atoms with Gasteiger partial charge in [-0.25, -0.2) is 4.79 Å². The van der Waals surface area contributed by atoms with E-state index in [0.29, 0.717) is 0 Å². The molecule has 3 rings (SSSR count). The van der Waals surface area contributed by atoms with E-state index < -0.39 is 5.97 Å². The molecule has 2 aliphatic rings. The van der Waals surface area contributed by atoms with Gasteiger partial charge in [0.1, 0.15) is 0 Å². The van der Waals surface area contributed by atoms with Crippen LogP contribution >= 0.6 is 0 Å². The number of ether oxygens (including phenoxy) is 1. The molecule has 0 amide bonds. The molecule has 1 aromatic rings. The fraction of sp³-hybridized carbons (Fsp3) is 0.154. The molecule has 4 heteroatoms. The molecule has 0 unspecified atom stereocenters. The molecule has 0 aromatic carbocycles. The summed E-state index contributed by atoms with van der Waals surface area (Å²) in [6.45, 7) is 0.186. The van der Waals surface area contributed by atoms with Gasteiger partial charge in [-0.3, -0.25) is 0 Å². The Bertz CT molecular complexity index is 514. The number of benzene rings is 1. The van der Waals surface area contributed by atoms with E-state index in [4.69, 9.17) is 9.52 Å². The van der Waals surface area contributed by atoms with Crippen LogP contribution in [0.4, 0.5) is 0 Å². The van der Waals surface area contributed by atoms with E-state index in [1.807, 2.05) is 12.1 Å². The molecule has 88 valence electrons. The quantitative estimate of drug-likeness (QED) is 0.688. The van der Waals surface area contributed by atoms with Crippen LogP contribution in [-0.4, -0.2) is 18.2 Å². The third-order valence-corrected chi connectivity index (χ3v) is 2.42. The Labute approximate surface area is 98.4 Å². The Hall–Kier alpha value is -2.07. The molecule has 0 spiro atoms. The maximum absolute atomic E-state index is 10.6. The van der Waals surface area contributed by atoms with Crippen LogP contribution in [0.15, 0.2) is 41.0 Å². The van der Waals surface area contributed by atoms with Crippen molar-refractivity contribution >= 4 is 5.97 Å². The lowest BCUT2D eigenvalue weighted by Crippen LogP contribution is -1.97. The minimum absolute atomic E-state index is 0.186. The summed E-state index contributed by atoms with van der Waals surface area (Å²) in [5.74, 6) is -0.211. The van der Waals surface area contributed by atoms with Crippen LogP contribution in [0.5, 0.6) is 0 Å². The molecular weight excluding hydrogens is 220 g/mol. The van der Waals surface area contributed by atoms with E-state index in [-0.39, 0.29) is 12.4 Å². The van der Waals surface area contributed by atoms with E-state index in [9.17, 15) is 4.79 Å². The molecular formula is C13H12O4. The third kappa shape index (κ3) is 2.54. The molecule has 0 radical (unpaired) electrons. The maximum Gasteiger partial charge on any atom is 0.373 e. The molecule has 0 atom stereocenters. The predicted molar refractivity (Wildman–Crippen MR) is 61.4 cm³/mol. The Balaban J connectivity index is 0.000000127. The molecule has 1 N–H and O–H groups in total. The number of esters is 1. The lowest BCUT2D eigenvalue weighted by atomic mass is 10.3. The van der Waals surface area contributed by atoms with Crippen molar-refractivity contribution in [3.8, 4) is 11.1 Å². The first-order valence-electron chi connectivity index (χ1n) is 5.12. The van der Waals surface area contributed by atoms with Gasteiger partial charge in [-0.1, -0.05) is 12.1 Å². The highest BCUT2D eigenvalue weighted by molar-refractivity contribution is 5.86.